The van der Waals surface area contributed by atoms with Gasteiger partial charge in [0.15, 0.2) is 6.04 Å². The Labute approximate surface area is 131 Å². The van der Waals surface area contributed by atoms with Gasteiger partial charge in [0, 0.05) is 5.92 Å². The molecule has 1 unspecified atom stereocenters. The molecule has 1 aromatic carbocycles. The molecule has 0 spiro atoms. The van der Waals surface area contributed by atoms with Gasteiger partial charge in [0.1, 0.15) is 5.82 Å². The first-order valence-electron chi connectivity index (χ1n) is 6.55. The second kappa shape index (κ2) is 7.13. The van der Waals surface area contributed by atoms with Crippen LogP contribution in [0.3, 0.4) is 0 Å². The zero-order chi connectivity index (χ0) is 15.4. The fraction of sp³-hybridized carbons (Fsp3) is 0.429. The van der Waals surface area contributed by atoms with E-state index in [-0.39, 0.29) is 22.4 Å². The molecule has 0 aliphatic carbocycles. The SMILES string of the molecule is O=C(NC(C(=O)O)c1ccc(Cl)c(F)c1)C1CCSCC1. The Hall–Kier alpha value is -1.27. The van der Waals surface area contributed by atoms with E-state index < -0.39 is 17.8 Å². The lowest BCUT2D eigenvalue weighted by Gasteiger charge is -2.23. The number of hydrogen-bond donors (Lipinski definition) is 2. The highest BCUT2D eigenvalue weighted by molar-refractivity contribution is 7.99. The molecule has 1 amide bonds. The average Bonchev–Trinajstić information content (AvgIpc) is 2.48. The molecule has 4 nitrogen and oxygen atoms in total. The molecular formula is C14H15ClFNO3S. The minimum Gasteiger partial charge on any atom is -0.479 e. The molecule has 114 valence electrons. The molecular weight excluding hydrogens is 317 g/mol. The van der Waals surface area contributed by atoms with E-state index in [0.29, 0.717) is 0 Å². The van der Waals surface area contributed by atoms with Crippen molar-refractivity contribution >= 4 is 35.2 Å². The van der Waals surface area contributed by atoms with E-state index in [1.165, 1.54) is 12.1 Å². The van der Waals surface area contributed by atoms with Crippen molar-refractivity contribution in [3.8, 4) is 0 Å². The number of aliphatic carboxylic acids is 1. The number of halogens is 2. The number of carbonyl (C=O) groups excluding carboxylic acids is 1. The van der Waals surface area contributed by atoms with Crippen LogP contribution in [0.2, 0.25) is 5.02 Å². The van der Waals surface area contributed by atoms with Gasteiger partial charge in [-0.1, -0.05) is 17.7 Å². The first-order chi connectivity index (χ1) is 9.99. The molecule has 1 heterocycles. The average molecular weight is 332 g/mol. The van der Waals surface area contributed by atoms with Crippen LogP contribution in [0.5, 0.6) is 0 Å². The summed E-state index contributed by atoms with van der Waals surface area (Å²) in [5.74, 6) is -0.612. The summed E-state index contributed by atoms with van der Waals surface area (Å²) in [6.07, 6.45) is 1.47. The molecule has 2 rings (SSSR count). The molecule has 1 aliphatic rings. The van der Waals surface area contributed by atoms with E-state index in [1.807, 2.05) is 0 Å². The maximum atomic E-state index is 13.5. The smallest absolute Gasteiger partial charge is 0.330 e. The van der Waals surface area contributed by atoms with Crippen molar-refractivity contribution in [3.05, 3.63) is 34.6 Å². The van der Waals surface area contributed by atoms with Crippen molar-refractivity contribution in [1.82, 2.24) is 5.32 Å². The summed E-state index contributed by atoms with van der Waals surface area (Å²) < 4.78 is 13.5. The van der Waals surface area contributed by atoms with E-state index in [2.05, 4.69) is 5.32 Å². The van der Waals surface area contributed by atoms with Crippen molar-refractivity contribution in [1.29, 1.82) is 0 Å². The van der Waals surface area contributed by atoms with Crippen LogP contribution in [0.1, 0.15) is 24.4 Å². The third-order valence-corrected chi connectivity index (χ3v) is 4.76. The van der Waals surface area contributed by atoms with Crippen LogP contribution in [-0.2, 0) is 9.59 Å². The summed E-state index contributed by atoms with van der Waals surface area (Å²) in [5, 5.41) is 11.7. The largest absolute Gasteiger partial charge is 0.479 e. The van der Waals surface area contributed by atoms with Crippen molar-refractivity contribution in [2.45, 2.75) is 18.9 Å². The lowest BCUT2D eigenvalue weighted by Crippen LogP contribution is -2.38. The van der Waals surface area contributed by atoms with Gasteiger partial charge in [-0.25, -0.2) is 9.18 Å². The van der Waals surface area contributed by atoms with Crippen LogP contribution >= 0.6 is 23.4 Å². The number of nitrogens with one attached hydrogen (secondary N) is 1. The zero-order valence-electron chi connectivity index (χ0n) is 11.1. The van der Waals surface area contributed by atoms with Crippen LogP contribution in [0, 0.1) is 11.7 Å². The van der Waals surface area contributed by atoms with E-state index >= 15 is 0 Å². The van der Waals surface area contributed by atoms with Gasteiger partial charge in [0.25, 0.3) is 0 Å². The molecule has 21 heavy (non-hydrogen) atoms. The summed E-state index contributed by atoms with van der Waals surface area (Å²) in [5.41, 5.74) is 0.169. The maximum absolute atomic E-state index is 13.5. The maximum Gasteiger partial charge on any atom is 0.330 e. The molecule has 7 heteroatoms. The highest BCUT2D eigenvalue weighted by atomic mass is 35.5. The topological polar surface area (TPSA) is 66.4 Å². The van der Waals surface area contributed by atoms with Crippen LogP contribution < -0.4 is 5.32 Å². The molecule has 1 fully saturated rings. The van der Waals surface area contributed by atoms with Gasteiger partial charge in [-0.2, -0.15) is 11.8 Å². The summed E-state index contributed by atoms with van der Waals surface area (Å²) in [7, 11) is 0. The Morgan fingerprint density at radius 3 is 2.62 bits per heavy atom. The second-order valence-corrected chi connectivity index (χ2v) is 6.47. The molecule has 1 aliphatic heterocycles. The van der Waals surface area contributed by atoms with Gasteiger partial charge < -0.3 is 10.4 Å². The number of carboxylic acids is 1. The number of carboxylic acid groups (broad SMARTS) is 1. The number of hydrogen-bond acceptors (Lipinski definition) is 3. The summed E-state index contributed by atoms with van der Waals surface area (Å²) >= 11 is 7.36. The Morgan fingerprint density at radius 2 is 2.05 bits per heavy atom. The fourth-order valence-corrected chi connectivity index (χ4v) is 3.42. The lowest BCUT2D eigenvalue weighted by atomic mass is 10.00. The minimum absolute atomic E-state index is 0.0847. The van der Waals surface area contributed by atoms with Crippen LogP contribution in [0.4, 0.5) is 4.39 Å². The number of thioether (sulfide) groups is 1. The second-order valence-electron chi connectivity index (χ2n) is 4.84. The van der Waals surface area contributed by atoms with Crippen LogP contribution in [0.25, 0.3) is 0 Å². The number of carbonyl (C=O) groups is 2. The Kier molecular flexibility index (Phi) is 5.47. The standard InChI is InChI=1S/C14H15ClFNO3S/c15-10-2-1-9(7-11(10)16)12(14(19)20)17-13(18)8-3-5-21-6-4-8/h1-2,7-8,12H,3-6H2,(H,17,18)(H,19,20). The van der Waals surface area contributed by atoms with Gasteiger partial charge in [-0.15, -0.1) is 0 Å². The van der Waals surface area contributed by atoms with Gasteiger partial charge in [-0.3, -0.25) is 4.79 Å². The fourth-order valence-electron chi connectivity index (χ4n) is 2.20. The molecule has 0 radical (unpaired) electrons. The summed E-state index contributed by atoms with van der Waals surface area (Å²) in [4.78, 5) is 23.5. The zero-order valence-corrected chi connectivity index (χ0v) is 12.7. The molecule has 0 saturated carbocycles. The van der Waals surface area contributed by atoms with Crippen molar-refractivity contribution < 1.29 is 19.1 Å². The van der Waals surface area contributed by atoms with Crippen molar-refractivity contribution in [2.75, 3.05) is 11.5 Å². The van der Waals surface area contributed by atoms with Gasteiger partial charge in [0.2, 0.25) is 5.91 Å². The lowest BCUT2D eigenvalue weighted by molar-refractivity contribution is -0.142. The number of rotatable bonds is 4. The van der Waals surface area contributed by atoms with E-state index in [0.717, 1.165) is 30.4 Å². The normalized spacial score (nSPS) is 17.2. The van der Waals surface area contributed by atoms with Gasteiger partial charge >= 0.3 is 5.97 Å². The number of amides is 1. The molecule has 1 saturated heterocycles. The third-order valence-electron chi connectivity index (χ3n) is 3.40. The first kappa shape index (κ1) is 16.1. The summed E-state index contributed by atoms with van der Waals surface area (Å²) in [6.45, 7) is 0. The number of benzene rings is 1. The summed E-state index contributed by atoms with van der Waals surface area (Å²) in [6, 6.07) is 2.46. The van der Waals surface area contributed by atoms with Crippen LogP contribution in [-0.4, -0.2) is 28.5 Å². The van der Waals surface area contributed by atoms with Crippen molar-refractivity contribution in [3.63, 3.8) is 0 Å². The predicted octanol–water partition coefficient (Wildman–Crippen LogP) is 2.86. The first-order valence-corrected chi connectivity index (χ1v) is 8.08. The predicted molar refractivity (Wildman–Crippen MR) is 80.0 cm³/mol. The highest BCUT2D eigenvalue weighted by Gasteiger charge is 2.28. The molecule has 0 bridgehead atoms. The van der Waals surface area contributed by atoms with Crippen LogP contribution in [0.15, 0.2) is 18.2 Å². The third kappa shape index (κ3) is 4.11. The monoisotopic (exact) mass is 331 g/mol. The Bertz CT molecular complexity index is 549. The molecule has 1 atom stereocenters. The van der Waals surface area contributed by atoms with Crippen molar-refractivity contribution in [2.24, 2.45) is 5.92 Å². The van der Waals surface area contributed by atoms with E-state index in [4.69, 9.17) is 11.6 Å². The molecule has 0 aromatic heterocycles. The highest BCUT2D eigenvalue weighted by Crippen LogP contribution is 2.25. The Balaban J connectivity index is 2.13. The Morgan fingerprint density at radius 1 is 1.38 bits per heavy atom. The quantitative estimate of drug-likeness (QED) is 0.890. The minimum atomic E-state index is -1.26. The van der Waals surface area contributed by atoms with Gasteiger partial charge in [0.05, 0.1) is 5.02 Å². The van der Waals surface area contributed by atoms with Gasteiger partial charge in [-0.05, 0) is 42.0 Å². The van der Waals surface area contributed by atoms with E-state index in [9.17, 15) is 19.1 Å². The van der Waals surface area contributed by atoms with E-state index in [1.54, 1.807) is 11.8 Å². The molecule has 2 N–H and O–H groups in total. The molecule has 1 aromatic rings.